The number of aliphatic carboxylic acids is 1. The van der Waals surface area contributed by atoms with Crippen LogP contribution in [0.1, 0.15) is 32.1 Å². The van der Waals surface area contributed by atoms with Crippen LogP contribution in [0.3, 0.4) is 0 Å². The molecule has 6 nitrogen and oxygen atoms in total. The highest BCUT2D eigenvalue weighted by Crippen LogP contribution is 2.31. The Balaban J connectivity index is 1.71. The van der Waals surface area contributed by atoms with Crippen LogP contribution in [-0.4, -0.2) is 46.9 Å². The van der Waals surface area contributed by atoms with Crippen LogP contribution in [0.25, 0.3) is 0 Å². The molecule has 6 heteroatoms. The fraction of sp³-hybridized carbons (Fsp3) is 0.750. The molecule has 2 aliphatic rings. The van der Waals surface area contributed by atoms with E-state index in [-0.39, 0.29) is 17.9 Å². The molecule has 0 atom stereocenters. The second-order valence-corrected chi connectivity index (χ2v) is 5.01. The number of nitrogens with zero attached hydrogens (tertiary/aromatic N) is 1. The van der Waals surface area contributed by atoms with Crippen molar-refractivity contribution in [1.29, 1.82) is 0 Å². The molecule has 1 heterocycles. The maximum absolute atomic E-state index is 11.8. The molecule has 18 heavy (non-hydrogen) atoms. The lowest BCUT2D eigenvalue weighted by atomic mass is 10.0. The quantitative estimate of drug-likeness (QED) is 0.690. The average Bonchev–Trinajstić information content (AvgIpc) is 3.11. The van der Waals surface area contributed by atoms with Gasteiger partial charge >= 0.3 is 5.97 Å². The van der Waals surface area contributed by atoms with E-state index in [4.69, 9.17) is 5.11 Å². The van der Waals surface area contributed by atoms with Crippen molar-refractivity contribution >= 4 is 17.8 Å². The van der Waals surface area contributed by atoms with Gasteiger partial charge in [0.2, 0.25) is 11.8 Å². The lowest BCUT2D eigenvalue weighted by molar-refractivity contribution is -0.140. The maximum atomic E-state index is 11.8. The van der Waals surface area contributed by atoms with Gasteiger partial charge in [0.1, 0.15) is 6.42 Å². The van der Waals surface area contributed by atoms with Crippen molar-refractivity contribution < 1.29 is 19.5 Å². The summed E-state index contributed by atoms with van der Waals surface area (Å²) >= 11 is 0. The third kappa shape index (κ3) is 3.45. The van der Waals surface area contributed by atoms with E-state index in [1.807, 2.05) is 4.90 Å². The van der Waals surface area contributed by atoms with Crippen molar-refractivity contribution in [1.82, 2.24) is 10.2 Å². The van der Waals surface area contributed by atoms with E-state index in [0.717, 1.165) is 12.8 Å². The summed E-state index contributed by atoms with van der Waals surface area (Å²) < 4.78 is 0. The molecule has 0 aromatic carbocycles. The number of hydrogen-bond acceptors (Lipinski definition) is 3. The molecule has 1 saturated carbocycles. The average molecular weight is 254 g/mol. The zero-order valence-electron chi connectivity index (χ0n) is 10.2. The summed E-state index contributed by atoms with van der Waals surface area (Å²) in [6.45, 7) is 1.32. The van der Waals surface area contributed by atoms with Crippen molar-refractivity contribution in [2.24, 2.45) is 5.92 Å². The number of rotatable bonds is 4. The minimum atomic E-state index is -1.12. The van der Waals surface area contributed by atoms with E-state index < -0.39 is 18.3 Å². The summed E-state index contributed by atoms with van der Waals surface area (Å²) in [5.41, 5.74) is 0. The first-order chi connectivity index (χ1) is 8.56. The number of piperidine rings is 1. The molecule has 2 amide bonds. The molecule has 0 radical (unpaired) electrons. The highest BCUT2D eigenvalue weighted by atomic mass is 16.4. The van der Waals surface area contributed by atoms with Gasteiger partial charge in [-0.2, -0.15) is 0 Å². The van der Waals surface area contributed by atoms with E-state index in [2.05, 4.69) is 5.32 Å². The predicted octanol–water partition coefficient (Wildman–Crippen LogP) is -0.0217. The predicted molar refractivity (Wildman–Crippen MR) is 62.7 cm³/mol. The third-order valence-corrected chi connectivity index (χ3v) is 3.41. The van der Waals surface area contributed by atoms with Crippen molar-refractivity contribution in [2.75, 3.05) is 13.1 Å². The standard InChI is InChI=1S/C12H18N2O4/c15-10(7-11(16)17)13-9-3-5-14(6-4-9)12(18)8-1-2-8/h8-9H,1-7H2,(H,13,15)(H,16,17). The SMILES string of the molecule is O=C(O)CC(=O)NC1CCN(C(=O)C2CC2)CC1. The number of carboxylic acid groups (broad SMARTS) is 1. The Morgan fingerprint density at radius 1 is 1.11 bits per heavy atom. The third-order valence-electron chi connectivity index (χ3n) is 3.41. The van der Waals surface area contributed by atoms with Crippen LogP contribution >= 0.6 is 0 Å². The fourth-order valence-electron chi connectivity index (χ4n) is 2.25. The topological polar surface area (TPSA) is 86.7 Å². The Bertz CT molecular complexity index is 357. The van der Waals surface area contributed by atoms with Crippen LogP contribution in [0.2, 0.25) is 0 Å². The van der Waals surface area contributed by atoms with Crippen molar-refractivity contribution in [3.8, 4) is 0 Å². The number of hydrogen-bond donors (Lipinski definition) is 2. The van der Waals surface area contributed by atoms with E-state index in [9.17, 15) is 14.4 Å². The van der Waals surface area contributed by atoms with Gasteiger partial charge in [0.15, 0.2) is 0 Å². The second kappa shape index (κ2) is 5.37. The van der Waals surface area contributed by atoms with Crippen LogP contribution in [0.5, 0.6) is 0 Å². The minimum absolute atomic E-state index is 0.0000954. The molecule has 0 unspecified atom stereocenters. The second-order valence-electron chi connectivity index (χ2n) is 5.01. The van der Waals surface area contributed by atoms with E-state index >= 15 is 0 Å². The summed E-state index contributed by atoms with van der Waals surface area (Å²) in [5.74, 6) is -1.09. The molecule has 2 fully saturated rings. The summed E-state index contributed by atoms with van der Waals surface area (Å²) in [6, 6.07) is 0.0000954. The lowest BCUT2D eigenvalue weighted by Crippen LogP contribution is -2.47. The summed E-state index contributed by atoms with van der Waals surface area (Å²) in [5, 5.41) is 11.2. The molecule has 1 saturated heterocycles. The maximum Gasteiger partial charge on any atom is 0.312 e. The Hall–Kier alpha value is -1.59. The van der Waals surface area contributed by atoms with E-state index in [1.54, 1.807) is 0 Å². The summed E-state index contributed by atoms with van der Waals surface area (Å²) in [4.78, 5) is 35.3. The highest BCUT2D eigenvalue weighted by Gasteiger charge is 2.35. The zero-order valence-corrected chi connectivity index (χ0v) is 10.2. The number of likely N-dealkylation sites (tertiary alicyclic amines) is 1. The molecule has 0 aromatic heterocycles. The molecule has 100 valence electrons. The van der Waals surface area contributed by atoms with Crippen molar-refractivity contribution in [2.45, 2.75) is 38.1 Å². The Labute approximate surface area is 105 Å². The van der Waals surface area contributed by atoms with Crippen LogP contribution in [0.4, 0.5) is 0 Å². The van der Waals surface area contributed by atoms with Crippen LogP contribution in [0, 0.1) is 5.92 Å². The number of amides is 2. The van der Waals surface area contributed by atoms with Gasteiger partial charge < -0.3 is 15.3 Å². The van der Waals surface area contributed by atoms with Gasteiger partial charge in [-0.1, -0.05) is 0 Å². The molecule has 1 aliphatic heterocycles. The number of carboxylic acids is 1. The van der Waals surface area contributed by atoms with Crippen molar-refractivity contribution in [3.63, 3.8) is 0 Å². The van der Waals surface area contributed by atoms with Crippen LogP contribution in [-0.2, 0) is 14.4 Å². The first-order valence-corrected chi connectivity index (χ1v) is 6.36. The van der Waals surface area contributed by atoms with E-state index in [1.165, 1.54) is 0 Å². The van der Waals surface area contributed by atoms with Gasteiger partial charge in [-0.05, 0) is 25.7 Å². The smallest absolute Gasteiger partial charge is 0.312 e. The molecule has 1 aliphatic carbocycles. The highest BCUT2D eigenvalue weighted by molar-refractivity contribution is 5.93. The van der Waals surface area contributed by atoms with E-state index in [0.29, 0.717) is 25.9 Å². The molecule has 2 N–H and O–H groups in total. The monoisotopic (exact) mass is 254 g/mol. The summed E-state index contributed by atoms with van der Waals surface area (Å²) in [7, 11) is 0. The zero-order chi connectivity index (χ0) is 13.1. The minimum Gasteiger partial charge on any atom is -0.481 e. The first kappa shape index (κ1) is 12.9. The molecular weight excluding hydrogens is 236 g/mol. The lowest BCUT2D eigenvalue weighted by Gasteiger charge is -2.32. The van der Waals surface area contributed by atoms with Crippen LogP contribution in [0.15, 0.2) is 0 Å². The normalized spacial score (nSPS) is 20.6. The molecule has 2 rings (SSSR count). The Morgan fingerprint density at radius 3 is 2.22 bits per heavy atom. The Morgan fingerprint density at radius 2 is 1.72 bits per heavy atom. The molecule has 0 aromatic rings. The van der Waals surface area contributed by atoms with Gasteiger partial charge in [0.25, 0.3) is 0 Å². The summed E-state index contributed by atoms with van der Waals surface area (Å²) in [6.07, 6.45) is 2.96. The molecule has 0 bridgehead atoms. The Kier molecular flexibility index (Phi) is 3.84. The van der Waals surface area contributed by atoms with Gasteiger partial charge in [-0.25, -0.2) is 0 Å². The van der Waals surface area contributed by atoms with Gasteiger partial charge in [-0.15, -0.1) is 0 Å². The van der Waals surface area contributed by atoms with Gasteiger partial charge in [0, 0.05) is 25.0 Å². The molecule has 0 spiro atoms. The molecular formula is C12H18N2O4. The number of nitrogens with one attached hydrogen (secondary N) is 1. The van der Waals surface area contributed by atoms with Gasteiger partial charge in [-0.3, -0.25) is 14.4 Å². The largest absolute Gasteiger partial charge is 0.481 e. The van der Waals surface area contributed by atoms with Crippen molar-refractivity contribution in [3.05, 3.63) is 0 Å². The van der Waals surface area contributed by atoms with Crippen LogP contribution < -0.4 is 5.32 Å². The van der Waals surface area contributed by atoms with Gasteiger partial charge in [0.05, 0.1) is 0 Å². The number of carbonyl (C=O) groups is 3. The fourth-order valence-corrected chi connectivity index (χ4v) is 2.25. The number of carbonyl (C=O) groups excluding carboxylic acids is 2. The first-order valence-electron chi connectivity index (χ1n) is 6.36.